The second-order valence-electron chi connectivity index (χ2n) is 11.7. The number of hydrogen-bond acceptors (Lipinski definition) is 4. The van der Waals surface area contributed by atoms with Crippen molar-refractivity contribution in [3.63, 3.8) is 0 Å². The number of ketones is 1. The van der Waals surface area contributed by atoms with E-state index in [0.717, 1.165) is 41.6 Å². The van der Waals surface area contributed by atoms with Gasteiger partial charge >= 0.3 is 0 Å². The van der Waals surface area contributed by atoms with Crippen molar-refractivity contribution in [2.45, 2.75) is 79.6 Å². The molecule has 40 heavy (non-hydrogen) atoms. The normalized spacial score (nSPS) is 14.1. The quantitative estimate of drug-likeness (QED) is 0.222. The van der Waals surface area contributed by atoms with E-state index in [-0.39, 0.29) is 27.8 Å². The maximum atomic E-state index is 12.4. The summed E-state index contributed by atoms with van der Waals surface area (Å²) >= 11 is 0. The summed E-state index contributed by atoms with van der Waals surface area (Å²) in [5, 5.41) is 2.88. The molecular weight excluding hydrogens is 498 g/mol. The zero-order chi connectivity index (χ0) is 29.5. The molecule has 2 aromatic rings. The summed E-state index contributed by atoms with van der Waals surface area (Å²) in [4.78, 5) is 24.8. The van der Waals surface area contributed by atoms with E-state index in [1.807, 2.05) is 55.5 Å². The molecule has 0 atom stereocenters. The smallest absolute Gasteiger partial charge is 0.255 e. The number of amides is 1. The molecule has 5 nitrogen and oxygen atoms in total. The zero-order valence-corrected chi connectivity index (χ0v) is 25.5. The van der Waals surface area contributed by atoms with Crippen molar-refractivity contribution in [1.82, 2.24) is 0 Å². The van der Waals surface area contributed by atoms with E-state index in [2.05, 4.69) is 39.6 Å². The van der Waals surface area contributed by atoms with Crippen LogP contribution in [0.2, 0.25) is 0 Å². The lowest BCUT2D eigenvalue weighted by Crippen LogP contribution is -2.15. The van der Waals surface area contributed by atoms with Crippen molar-refractivity contribution in [3.05, 3.63) is 89.2 Å². The Morgan fingerprint density at radius 2 is 1.80 bits per heavy atom. The Morgan fingerprint density at radius 3 is 2.38 bits per heavy atom. The average molecular weight is 554 g/mol. The highest BCUT2D eigenvalue weighted by Crippen LogP contribution is 2.27. The van der Waals surface area contributed by atoms with Crippen LogP contribution in [0.3, 0.4) is 0 Å². The number of hydrogen-bond donors (Lipinski definition) is 1. The first-order chi connectivity index (χ1) is 19.0. The summed E-state index contributed by atoms with van der Waals surface area (Å²) < 4.78 is 10.7. The summed E-state index contributed by atoms with van der Waals surface area (Å²) in [6.45, 7) is 16.4. The number of allylic oxidation sites excluding steroid dienone is 3. The van der Waals surface area contributed by atoms with E-state index in [4.69, 9.17) is 9.47 Å². The lowest BCUT2D eigenvalue weighted by atomic mass is 9.91. The summed E-state index contributed by atoms with van der Waals surface area (Å²) in [7, 11) is 1.63. The van der Waals surface area contributed by atoms with Crippen molar-refractivity contribution in [3.8, 4) is 0 Å². The maximum Gasteiger partial charge on any atom is 0.255 e. The van der Waals surface area contributed by atoms with Gasteiger partial charge in [0.2, 0.25) is 0 Å². The van der Waals surface area contributed by atoms with Gasteiger partial charge in [0.15, 0.2) is 0 Å². The van der Waals surface area contributed by atoms with Crippen LogP contribution in [0.5, 0.6) is 0 Å². The third-order valence-corrected chi connectivity index (χ3v) is 6.92. The van der Waals surface area contributed by atoms with Crippen molar-refractivity contribution < 1.29 is 23.3 Å². The van der Waals surface area contributed by atoms with Crippen LogP contribution in [-0.4, -0.2) is 32.0 Å². The molecule has 0 radical (unpaired) electrons. The number of methoxy groups -OCH3 is 1. The largest absolute Gasteiger partial charge is 0.501 e. The van der Waals surface area contributed by atoms with E-state index in [1.54, 1.807) is 13.2 Å². The van der Waals surface area contributed by atoms with Gasteiger partial charge in [-0.1, -0.05) is 83.4 Å². The first kappa shape index (κ1) is 33.0. The van der Waals surface area contributed by atoms with Crippen molar-refractivity contribution in [2.75, 3.05) is 25.6 Å². The number of unbranched alkanes of at least 4 members (excludes halogenated alkanes) is 1. The highest BCUT2D eigenvalue weighted by atomic mass is 16.5. The molecule has 0 spiro atoms. The number of aryl methyl sites for hydroxylation is 1. The van der Waals surface area contributed by atoms with Crippen LogP contribution >= 0.6 is 0 Å². The van der Waals surface area contributed by atoms with Crippen LogP contribution in [-0.2, 0) is 20.7 Å². The molecule has 1 heterocycles. The van der Waals surface area contributed by atoms with Gasteiger partial charge in [0, 0.05) is 47.0 Å². The first-order valence-corrected chi connectivity index (χ1v) is 14.5. The van der Waals surface area contributed by atoms with Crippen LogP contribution < -0.4 is 5.32 Å². The van der Waals surface area contributed by atoms with Crippen LogP contribution in [0.4, 0.5) is 5.69 Å². The Kier molecular flexibility index (Phi) is 13.9. The van der Waals surface area contributed by atoms with Gasteiger partial charge in [-0.3, -0.25) is 9.59 Å². The number of benzene rings is 2. The van der Waals surface area contributed by atoms with Crippen LogP contribution in [0, 0.1) is 18.3 Å². The molecule has 0 aromatic heterocycles. The standard InChI is InChI=1S/C26H31NO3.C9H18O.3H2/c1-18-8-7-9-21(14-18)25(29)27-22-12-10-20(11-13-22)17-23(28)15-19(2)16-24(30-6)26(3,4)5;1-2-3-4-9-5-7-10-8-6-9;;;/h7-14,16H,2,15,17H2,1,3-6H3,(H,27,29);9H,2-8H2,1H3;3*1H/b24-16-;;;;. The van der Waals surface area contributed by atoms with Gasteiger partial charge in [0.05, 0.1) is 7.11 Å². The first-order valence-electron chi connectivity index (χ1n) is 14.5. The van der Waals surface area contributed by atoms with E-state index in [0.29, 0.717) is 17.7 Å². The summed E-state index contributed by atoms with van der Waals surface area (Å²) in [5.74, 6) is 1.71. The zero-order valence-electron chi connectivity index (χ0n) is 25.5. The van der Waals surface area contributed by atoms with Crippen molar-refractivity contribution in [2.24, 2.45) is 11.3 Å². The number of anilines is 1. The van der Waals surface area contributed by atoms with Gasteiger partial charge in [-0.2, -0.15) is 0 Å². The molecule has 0 aliphatic carbocycles. The van der Waals surface area contributed by atoms with Gasteiger partial charge < -0.3 is 14.8 Å². The minimum Gasteiger partial charge on any atom is -0.501 e. The topological polar surface area (TPSA) is 64.6 Å². The Hall–Kier alpha value is -3.18. The Labute approximate surface area is 246 Å². The number of Topliss-reactive ketones (excluding diaryl/α,β-unsaturated/α-hetero) is 1. The summed E-state index contributed by atoms with van der Waals surface area (Å²) in [6, 6.07) is 14.8. The maximum absolute atomic E-state index is 12.4. The average Bonchev–Trinajstić information content (AvgIpc) is 2.92. The molecule has 0 saturated carbocycles. The Bertz CT molecular complexity index is 1130. The summed E-state index contributed by atoms with van der Waals surface area (Å²) in [6.07, 6.45) is 9.23. The third kappa shape index (κ3) is 12.3. The number of rotatable bonds is 11. The minimum absolute atomic E-state index is 0. The van der Waals surface area contributed by atoms with E-state index < -0.39 is 0 Å². The molecule has 0 unspecified atom stereocenters. The molecule has 1 saturated heterocycles. The number of ether oxygens (including phenoxy) is 2. The number of nitrogens with one attached hydrogen (secondary N) is 1. The second-order valence-corrected chi connectivity index (χ2v) is 11.7. The minimum atomic E-state index is -0.154. The molecule has 1 N–H and O–H groups in total. The lowest BCUT2D eigenvalue weighted by Gasteiger charge is -2.21. The summed E-state index contributed by atoms with van der Waals surface area (Å²) in [5.41, 5.74) is 3.83. The van der Waals surface area contributed by atoms with Crippen LogP contribution in [0.15, 0.2) is 72.5 Å². The van der Waals surface area contributed by atoms with Gasteiger partial charge in [0.1, 0.15) is 11.5 Å². The van der Waals surface area contributed by atoms with Gasteiger partial charge in [-0.05, 0) is 67.2 Å². The van der Waals surface area contributed by atoms with Crippen molar-refractivity contribution in [1.29, 1.82) is 0 Å². The SMILES string of the molecule is C=C(/C=C(\OC)C(C)(C)C)CC(=O)Cc1ccc(NC(=O)c2cccc(C)c2)cc1.CCCCC1CCOCC1.[HH].[HH].[HH]. The predicted molar refractivity (Wildman–Crippen MR) is 172 cm³/mol. The molecule has 1 fully saturated rings. The van der Waals surface area contributed by atoms with Gasteiger partial charge in [-0.25, -0.2) is 0 Å². The molecule has 3 rings (SSSR count). The Morgan fingerprint density at radius 1 is 1.12 bits per heavy atom. The predicted octanol–water partition coefficient (Wildman–Crippen LogP) is 9.22. The third-order valence-electron chi connectivity index (χ3n) is 6.92. The fraction of sp³-hybridized carbons (Fsp3) is 0.486. The highest BCUT2D eigenvalue weighted by Gasteiger charge is 2.18. The molecule has 1 aliphatic rings. The fourth-order valence-electron chi connectivity index (χ4n) is 4.58. The highest BCUT2D eigenvalue weighted by molar-refractivity contribution is 6.04. The monoisotopic (exact) mass is 553 g/mol. The van der Waals surface area contributed by atoms with E-state index in [1.165, 1.54) is 32.1 Å². The Balaban J connectivity index is 0. The fourth-order valence-corrected chi connectivity index (χ4v) is 4.58. The molecule has 5 heteroatoms. The van der Waals surface area contributed by atoms with Crippen LogP contribution in [0.1, 0.15) is 92.0 Å². The van der Waals surface area contributed by atoms with Crippen LogP contribution in [0.25, 0.3) is 0 Å². The van der Waals surface area contributed by atoms with E-state index >= 15 is 0 Å². The lowest BCUT2D eigenvalue weighted by molar-refractivity contribution is -0.117. The molecule has 0 bridgehead atoms. The molecule has 1 amide bonds. The molecular formula is C35H55NO4. The number of carbonyl (C=O) groups is 2. The van der Waals surface area contributed by atoms with Gasteiger partial charge in [-0.15, -0.1) is 0 Å². The molecule has 2 aromatic carbocycles. The second kappa shape index (κ2) is 16.8. The number of carbonyl (C=O) groups excluding carboxylic acids is 2. The molecule has 1 aliphatic heterocycles. The van der Waals surface area contributed by atoms with E-state index in [9.17, 15) is 9.59 Å². The van der Waals surface area contributed by atoms with Crippen molar-refractivity contribution >= 4 is 17.4 Å². The van der Waals surface area contributed by atoms with Gasteiger partial charge in [0.25, 0.3) is 5.91 Å². The molecule has 224 valence electrons.